The summed E-state index contributed by atoms with van der Waals surface area (Å²) in [5.74, 6) is -2.69. The number of phosphoric ester groups is 1. The summed E-state index contributed by atoms with van der Waals surface area (Å²) >= 11 is 0. The SMILES string of the molecule is C=C(F)C(=O)OCOP(=O)(O)OC. The topological polar surface area (TPSA) is 82.1 Å². The lowest BCUT2D eigenvalue weighted by molar-refractivity contribution is -0.147. The molecule has 0 aromatic carbocycles. The van der Waals surface area contributed by atoms with Gasteiger partial charge in [0.15, 0.2) is 0 Å². The van der Waals surface area contributed by atoms with Gasteiger partial charge >= 0.3 is 13.8 Å². The lowest BCUT2D eigenvalue weighted by Gasteiger charge is -2.08. The molecule has 8 heteroatoms. The number of halogens is 1. The van der Waals surface area contributed by atoms with Crippen molar-refractivity contribution in [2.24, 2.45) is 0 Å². The molecule has 0 aliphatic heterocycles. The lowest BCUT2D eigenvalue weighted by Crippen LogP contribution is -2.07. The summed E-state index contributed by atoms with van der Waals surface area (Å²) in [7, 11) is -3.26. The fourth-order valence-corrected chi connectivity index (χ4v) is 0.569. The van der Waals surface area contributed by atoms with Gasteiger partial charge in [-0.15, -0.1) is 0 Å². The summed E-state index contributed by atoms with van der Waals surface area (Å²) in [6.07, 6.45) is 0. The normalized spacial score (nSPS) is 14.7. The second-order valence-electron chi connectivity index (χ2n) is 1.73. The van der Waals surface area contributed by atoms with E-state index in [1.165, 1.54) is 0 Å². The minimum atomic E-state index is -4.19. The average Bonchev–Trinajstić information content (AvgIpc) is 2.04. The van der Waals surface area contributed by atoms with Crippen molar-refractivity contribution in [1.29, 1.82) is 0 Å². The molecule has 0 saturated heterocycles. The molecule has 1 atom stereocenters. The Morgan fingerprint density at radius 1 is 1.69 bits per heavy atom. The summed E-state index contributed by atoms with van der Waals surface area (Å²) in [6.45, 7) is 1.75. The fraction of sp³-hybridized carbons (Fsp3) is 0.400. The minimum Gasteiger partial charge on any atom is -0.433 e. The van der Waals surface area contributed by atoms with Crippen LogP contribution in [0.1, 0.15) is 0 Å². The van der Waals surface area contributed by atoms with Crippen molar-refractivity contribution in [3.63, 3.8) is 0 Å². The first-order valence-corrected chi connectivity index (χ1v) is 4.43. The molecule has 0 fully saturated rings. The van der Waals surface area contributed by atoms with Crippen molar-refractivity contribution in [2.45, 2.75) is 0 Å². The number of ether oxygens (including phenoxy) is 1. The van der Waals surface area contributed by atoms with E-state index >= 15 is 0 Å². The maximum absolute atomic E-state index is 11.9. The molecule has 0 rings (SSSR count). The number of hydrogen-bond acceptors (Lipinski definition) is 5. The maximum Gasteiger partial charge on any atom is 0.474 e. The van der Waals surface area contributed by atoms with E-state index in [0.717, 1.165) is 7.11 Å². The van der Waals surface area contributed by atoms with E-state index < -0.39 is 26.4 Å². The standard InChI is InChI=1S/C5H8FO6P/c1-4(6)5(7)11-3-12-13(8,9)10-2/h1,3H2,2H3,(H,8,9). The third-order valence-electron chi connectivity index (χ3n) is 0.858. The number of carbonyl (C=O) groups is 1. The first-order valence-electron chi connectivity index (χ1n) is 2.93. The maximum atomic E-state index is 11.9. The molecule has 0 amide bonds. The lowest BCUT2D eigenvalue weighted by atomic mass is 10.6. The van der Waals surface area contributed by atoms with Crippen molar-refractivity contribution in [2.75, 3.05) is 13.9 Å². The molecular weight excluding hydrogens is 206 g/mol. The number of carbonyl (C=O) groups excluding carboxylic acids is 1. The van der Waals surface area contributed by atoms with Crippen LogP contribution in [0.4, 0.5) is 4.39 Å². The van der Waals surface area contributed by atoms with Gasteiger partial charge in [0.25, 0.3) is 0 Å². The average molecular weight is 214 g/mol. The van der Waals surface area contributed by atoms with Gasteiger partial charge in [-0.1, -0.05) is 6.58 Å². The highest BCUT2D eigenvalue weighted by Gasteiger charge is 2.19. The molecule has 0 heterocycles. The Morgan fingerprint density at radius 3 is 2.62 bits per heavy atom. The van der Waals surface area contributed by atoms with Crippen molar-refractivity contribution in [3.8, 4) is 0 Å². The van der Waals surface area contributed by atoms with Gasteiger partial charge in [0.1, 0.15) is 0 Å². The molecule has 1 unspecified atom stereocenters. The summed E-state index contributed by atoms with van der Waals surface area (Å²) in [5.41, 5.74) is 0. The third-order valence-corrected chi connectivity index (χ3v) is 1.75. The van der Waals surface area contributed by atoms with Crippen LogP contribution in [0.5, 0.6) is 0 Å². The van der Waals surface area contributed by atoms with Crippen molar-refractivity contribution >= 4 is 13.8 Å². The molecule has 0 radical (unpaired) electrons. The summed E-state index contributed by atoms with van der Waals surface area (Å²) < 4.78 is 34.4. The van der Waals surface area contributed by atoms with Gasteiger partial charge in [-0.2, -0.15) is 4.39 Å². The Bertz CT molecular complexity index is 251. The minimum absolute atomic E-state index is 0.886. The van der Waals surface area contributed by atoms with Crippen molar-refractivity contribution in [3.05, 3.63) is 12.4 Å². The molecule has 76 valence electrons. The molecule has 0 spiro atoms. The predicted molar refractivity (Wildman–Crippen MR) is 39.1 cm³/mol. The molecule has 0 aromatic rings. The Hall–Kier alpha value is -0.750. The fourth-order valence-electron chi connectivity index (χ4n) is 0.277. The molecule has 13 heavy (non-hydrogen) atoms. The van der Waals surface area contributed by atoms with Crippen LogP contribution in [0.25, 0.3) is 0 Å². The number of phosphoric acid groups is 1. The van der Waals surface area contributed by atoms with E-state index in [2.05, 4.69) is 20.4 Å². The van der Waals surface area contributed by atoms with Crippen LogP contribution in [-0.2, 0) is 23.1 Å². The van der Waals surface area contributed by atoms with Gasteiger partial charge in [0, 0.05) is 7.11 Å². The second kappa shape index (κ2) is 5.08. The van der Waals surface area contributed by atoms with Crippen molar-refractivity contribution in [1.82, 2.24) is 0 Å². The number of hydrogen-bond donors (Lipinski definition) is 1. The monoisotopic (exact) mass is 214 g/mol. The Labute approximate surface area is 73.5 Å². The quantitative estimate of drug-likeness (QED) is 0.314. The zero-order chi connectivity index (χ0) is 10.5. The van der Waals surface area contributed by atoms with Crippen LogP contribution in [0, 0.1) is 0 Å². The molecular formula is C5H8FO6P. The van der Waals surface area contributed by atoms with Gasteiger partial charge in [-0.25, -0.2) is 13.9 Å². The Kier molecular flexibility index (Phi) is 4.79. The smallest absolute Gasteiger partial charge is 0.433 e. The van der Waals surface area contributed by atoms with Crippen LogP contribution in [-0.4, -0.2) is 24.8 Å². The molecule has 0 aromatic heterocycles. The zero-order valence-corrected chi connectivity index (χ0v) is 7.62. The molecule has 0 aliphatic rings. The van der Waals surface area contributed by atoms with Crippen LogP contribution in [0.2, 0.25) is 0 Å². The van der Waals surface area contributed by atoms with Gasteiger partial charge in [0.2, 0.25) is 12.6 Å². The van der Waals surface area contributed by atoms with Gasteiger partial charge in [0.05, 0.1) is 0 Å². The largest absolute Gasteiger partial charge is 0.474 e. The van der Waals surface area contributed by atoms with E-state index in [1.807, 2.05) is 0 Å². The second-order valence-corrected chi connectivity index (χ2v) is 3.30. The molecule has 0 aliphatic carbocycles. The van der Waals surface area contributed by atoms with E-state index in [9.17, 15) is 13.8 Å². The first-order chi connectivity index (χ1) is 5.89. The Balaban J connectivity index is 3.75. The third kappa shape index (κ3) is 5.48. The summed E-state index contributed by atoms with van der Waals surface area (Å²) in [6, 6.07) is 0. The zero-order valence-electron chi connectivity index (χ0n) is 6.73. The molecule has 0 saturated carbocycles. The number of rotatable bonds is 5. The van der Waals surface area contributed by atoms with E-state index in [-0.39, 0.29) is 0 Å². The van der Waals surface area contributed by atoms with E-state index in [4.69, 9.17) is 4.89 Å². The van der Waals surface area contributed by atoms with Gasteiger partial charge < -0.3 is 9.63 Å². The van der Waals surface area contributed by atoms with Crippen LogP contribution >= 0.6 is 7.82 Å². The van der Waals surface area contributed by atoms with Crippen LogP contribution in [0.3, 0.4) is 0 Å². The molecule has 0 bridgehead atoms. The number of esters is 1. The first kappa shape index (κ1) is 12.2. The summed E-state index contributed by atoms with van der Waals surface area (Å²) in [4.78, 5) is 18.9. The van der Waals surface area contributed by atoms with Gasteiger partial charge in [-0.3, -0.25) is 4.52 Å². The Morgan fingerprint density at radius 2 is 2.23 bits per heavy atom. The van der Waals surface area contributed by atoms with Crippen LogP contribution in [0.15, 0.2) is 12.4 Å². The van der Waals surface area contributed by atoms with Crippen molar-refractivity contribution < 1.29 is 32.4 Å². The summed E-state index contributed by atoms with van der Waals surface area (Å²) in [5, 5.41) is 0. The van der Waals surface area contributed by atoms with E-state index in [1.54, 1.807) is 0 Å². The highest BCUT2D eigenvalue weighted by atomic mass is 31.2. The molecule has 1 N–H and O–H groups in total. The highest BCUT2D eigenvalue weighted by Crippen LogP contribution is 2.41. The molecule has 6 nitrogen and oxygen atoms in total. The van der Waals surface area contributed by atoms with E-state index in [0.29, 0.717) is 0 Å². The van der Waals surface area contributed by atoms with Crippen LogP contribution < -0.4 is 0 Å². The highest BCUT2D eigenvalue weighted by molar-refractivity contribution is 7.47. The van der Waals surface area contributed by atoms with Gasteiger partial charge in [-0.05, 0) is 0 Å². The predicted octanol–water partition coefficient (Wildman–Crippen LogP) is 0.734.